The van der Waals surface area contributed by atoms with E-state index in [-0.39, 0.29) is 12.4 Å². The molecule has 1 aromatic rings. The van der Waals surface area contributed by atoms with Gasteiger partial charge in [0.05, 0.1) is 0 Å². The summed E-state index contributed by atoms with van der Waals surface area (Å²) in [5.74, 6) is 1.43. The summed E-state index contributed by atoms with van der Waals surface area (Å²) in [4.78, 5) is 14.9. The van der Waals surface area contributed by atoms with Crippen molar-refractivity contribution >= 4 is 24.0 Å². The molecule has 4 heteroatoms. The minimum absolute atomic E-state index is 0. The number of fused-ring (bicyclic) bond motifs is 1. The van der Waals surface area contributed by atoms with Crippen molar-refractivity contribution in [3.05, 3.63) is 29.8 Å². The monoisotopic (exact) mass is 336 g/mol. The molecule has 3 rings (SSSR count). The first-order chi connectivity index (χ1) is 10.8. The van der Waals surface area contributed by atoms with Gasteiger partial charge in [0.15, 0.2) is 0 Å². The molecule has 1 fully saturated rings. The molecule has 23 heavy (non-hydrogen) atoms. The molecule has 0 spiro atoms. The Bertz CT molecular complexity index is 514. The van der Waals surface area contributed by atoms with E-state index in [0.717, 1.165) is 38.2 Å². The minimum Gasteiger partial charge on any atom is -0.316 e. The van der Waals surface area contributed by atoms with Crippen LogP contribution in [-0.2, 0) is 11.2 Å². The number of rotatable bonds is 3. The highest BCUT2D eigenvalue weighted by atomic mass is 35.5. The fourth-order valence-electron chi connectivity index (χ4n) is 3.87. The molecule has 2 aliphatic heterocycles. The molecule has 0 bridgehead atoms. The van der Waals surface area contributed by atoms with Crippen molar-refractivity contribution < 1.29 is 4.79 Å². The highest BCUT2D eigenvalue weighted by Gasteiger charge is 2.26. The fourth-order valence-corrected chi connectivity index (χ4v) is 3.87. The molecule has 2 atom stereocenters. The van der Waals surface area contributed by atoms with E-state index >= 15 is 0 Å². The molecule has 1 amide bonds. The zero-order chi connectivity index (χ0) is 15.4. The first-order valence-corrected chi connectivity index (χ1v) is 8.84. The topological polar surface area (TPSA) is 32.3 Å². The van der Waals surface area contributed by atoms with E-state index in [1.165, 1.54) is 24.8 Å². The number of hydrogen-bond donors (Lipinski definition) is 1. The maximum absolute atomic E-state index is 12.9. The molecular weight excluding hydrogens is 308 g/mol. The summed E-state index contributed by atoms with van der Waals surface area (Å²) in [6.07, 6.45) is 6.58. The lowest BCUT2D eigenvalue weighted by molar-refractivity contribution is -0.119. The SMILES string of the molecule is CC(CC(=O)N1CCCCc2ccccc21)C1CCCNC1.Cl. The van der Waals surface area contributed by atoms with Gasteiger partial charge in [0.1, 0.15) is 0 Å². The average molecular weight is 337 g/mol. The normalized spacial score (nSPS) is 22.5. The van der Waals surface area contributed by atoms with Crippen molar-refractivity contribution in [2.45, 2.75) is 45.4 Å². The second kappa shape index (κ2) is 8.70. The Morgan fingerprint density at radius 3 is 2.91 bits per heavy atom. The lowest BCUT2D eigenvalue weighted by atomic mass is 9.85. The van der Waals surface area contributed by atoms with Crippen molar-refractivity contribution in [2.75, 3.05) is 24.5 Å². The molecule has 2 unspecified atom stereocenters. The third-order valence-corrected chi connectivity index (χ3v) is 5.30. The summed E-state index contributed by atoms with van der Waals surface area (Å²) in [6.45, 7) is 5.34. The minimum atomic E-state index is 0. The Kier molecular flexibility index (Phi) is 6.91. The maximum atomic E-state index is 12.9. The molecule has 0 aliphatic carbocycles. The fraction of sp³-hybridized carbons (Fsp3) is 0.632. The maximum Gasteiger partial charge on any atom is 0.227 e. The number of piperidine rings is 1. The standard InChI is InChI=1S/C19H28N2O.ClH/c1-15(17-9-6-11-20-14-17)13-19(22)21-12-5-4-8-16-7-2-3-10-18(16)21;/h2-3,7,10,15,17,20H,4-6,8-9,11-14H2,1H3;1H. The van der Waals surface area contributed by atoms with Gasteiger partial charge < -0.3 is 10.2 Å². The van der Waals surface area contributed by atoms with Crippen LogP contribution in [0.1, 0.15) is 44.6 Å². The number of anilines is 1. The van der Waals surface area contributed by atoms with Gasteiger partial charge in [0.25, 0.3) is 0 Å². The first-order valence-electron chi connectivity index (χ1n) is 8.84. The smallest absolute Gasteiger partial charge is 0.227 e. The number of aryl methyl sites for hydroxylation is 1. The van der Waals surface area contributed by atoms with E-state index in [0.29, 0.717) is 24.2 Å². The third kappa shape index (κ3) is 4.48. The molecule has 3 nitrogen and oxygen atoms in total. The van der Waals surface area contributed by atoms with Gasteiger partial charge in [-0.25, -0.2) is 0 Å². The van der Waals surface area contributed by atoms with Crippen LogP contribution in [0.2, 0.25) is 0 Å². The largest absolute Gasteiger partial charge is 0.316 e. The van der Waals surface area contributed by atoms with Gasteiger partial charge in [-0.1, -0.05) is 25.1 Å². The van der Waals surface area contributed by atoms with Crippen LogP contribution in [0, 0.1) is 11.8 Å². The van der Waals surface area contributed by atoms with Crippen LogP contribution in [0.25, 0.3) is 0 Å². The van der Waals surface area contributed by atoms with Crippen molar-refractivity contribution in [3.63, 3.8) is 0 Å². The number of carbonyl (C=O) groups is 1. The number of para-hydroxylation sites is 1. The average Bonchev–Trinajstić information content (AvgIpc) is 2.78. The van der Waals surface area contributed by atoms with E-state index in [2.05, 4.69) is 41.4 Å². The lowest BCUT2D eigenvalue weighted by Crippen LogP contribution is -2.37. The quantitative estimate of drug-likeness (QED) is 0.910. The van der Waals surface area contributed by atoms with Crippen molar-refractivity contribution in [3.8, 4) is 0 Å². The van der Waals surface area contributed by atoms with Gasteiger partial charge in [0, 0.05) is 18.7 Å². The Balaban J connectivity index is 0.00000192. The van der Waals surface area contributed by atoms with Gasteiger partial charge in [-0.2, -0.15) is 0 Å². The highest BCUT2D eigenvalue weighted by molar-refractivity contribution is 5.94. The van der Waals surface area contributed by atoms with Gasteiger partial charge in [-0.15, -0.1) is 12.4 Å². The Morgan fingerprint density at radius 1 is 1.30 bits per heavy atom. The van der Waals surface area contributed by atoms with E-state index in [9.17, 15) is 4.79 Å². The Labute approximate surface area is 146 Å². The van der Waals surface area contributed by atoms with Crippen LogP contribution in [-0.4, -0.2) is 25.5 Å². The molecule has 1 N–H and O–H groups in total. The van der Waals surface area contributed by atoms with Crippen molar-refractivity contribution in [1.82, 2.24) is 5.32 Å². The molecular formula is C19H29ClN2O. The summed E-state index contributed by atoms with van der Waals surface area (Å²) in [5, 5.41) is 3.47. The number of nitrogens with one attached hydrogen (secondary N) is 1. The van der Waals surface area contributed by atoms with Crippen molar-refractivity contribution in [1.29, 1.82) is 0 Å². The number of benzene rings is 1. The van der Waals surface area contributed by atoms with Gasteiger partial charge in [-0.05, 0) is 68.7 Å². The molecule has 2 aliphatic rings. The van der Waals surface area contributed by atoms with E-state index in [4.69, 9.17) is 0 Å². The van der Waals surface area contributed by atoms with Gasteiger partial charge in [0.2, 0.25) is 5.91 Å². The number of carbonyl (C=O) groups excluding carboxylic acids is 1. The summed E-state index contributed by atoms with van der Waals surface area (Å²) >= 11 is 0. The molecule has 0 aromatic heterocycles. The molecule has 0 saturated carbocycles. The van der Waals surface area contributed by atoms with Crippen LogP contribution in [0.4, 0.5) is 5.69 Å². The van der Waals surface area contributed by atoms with Crippen LogP contribution in [0.15, 0.2) is 24.3 Å². The zero-order valence-electron chi connectivity index (χ0n) is 14.1. The molecule has 2 heterocycles. The molecule has 0 radical (unpaired) electrons. The highest BCUT2D eigenvalue weighted by Crippen LogP contribution is 2.29. The van der Waals surface area contributed by atoms with Crippen LogP contribution >= 0.6 is 12.4 Å². The molecule has 1 saturated heterocycles. The first kappa shape index (κ1) is 18.3. The third-order valence-electron chi connectivity index (χ3n) is 5.30. The summed E-state index contributed by atoms with van der Waals surface area (Å²) in [6, 6.07) is 8.43. The van der Waals surface area contributed by atoms with E-state index in [1.807, 2.05) is 0 Å². The lowest BCUT2D eigenvalue weighted by Gasteiger charge is -2.30. The number of nitrogens with zero attached hydrogens (tertiary/aromatic N) is 1. The van der Waals surface area contributed by atoms with Gasteiger partial charge in [-0.3, -0.25) is 4.79 Å². The molecule has 1 aromatic carbocycles. The predicted octanol–water partition coefficient (Wildman–Crippen LogP) is 3.80. The second-order valence-corrected chi connectivity index (χ2v) is 6.92. The second-order valence-electron chi connectivity index (χ2n) is 6.92. The van der Waals surface area contributed by atoms with E-state index < -0.39 is 0 Å². The summed E-state index contributed by atoms with van der Waals surface area (Å²) in [5.41, 5.74) is 2.49. The zero-order valence-corrected chi connectivity index (χ0v) is 14.9. The van der Waals surface area contributed by atoms with Crippen LogP contribution < -0.4 is 10.2 Å². The van der Waals surface area contributed by atoms with Crippen LogP contribution in [0.5, 0.6) is 0 Å². The summed E-state index contributed by atoms with van der Waals surface area (Å²) in [7, 11) is 0. The van der Waals surface area contributed by atoms with Gasteiger partial charge >= 0.3 is 0 Å². The Hall–Kier alpha value is -1.06. The van der Waals surface area contributed by atoms with Crippen molar-refractivity contribution in [2.24, 2.45) is 11.8 Å². The van der Waals surface area contributed by atoms with Crippen LogP contribution in [0.3, 0.4) is 0 Å². The molecule has 128 valence electrons. The Morgan fingerprint density at radius 2 is 2.13 bits per heavy atom. The van der Waals surface area contributed by atoms with E-state index in [1.54, 1.807) is 0 Å². The predicted molar refractivity (Wildman–Crippen MR) is 98.4 cm³/mol. The number of hydrogen-bond acceptors (Lipinski definition) is 2. The summed E-state index contributed by atoms with van der Waals surface area (Å²) < 4.78 is 0. The number of amides is 1. The number of halogens is 1.